The standard InChI is InChI=1S/C11H16N6O/c1-8(2)17-6-4-10(15-17)13-11(18)7-16-5-3-9(12)14-16/h3-6,8H,7H2,1-2H3,(H2,12,14)(H,13,15,18). The first-order chi connectivity index (χ1) is 8.54. The molecule has 2 rings (SSSR count). The predicted molar refractivity (Wildman–Crippen MR) is 67.9 cm³/mol. The minimum atomic E-state index is -0.188. The van der Waals surface area contributed by atoms with Gasteiger partial charge in [0.25, 0.3) is 0 Å². The number of nitrogens with one attached hydrogen (secondary N) is 1. The Bertz CT molecular complexity index is 541. The summed E-state index contributed by atoms with van der Waals surface area (Å²) in [6, 6.07) is 3.66. The van der Waals surface area contributed by atoms with E-state index in [2.05, 4.69) is 15.5 Å². The second-order valence-corrected chi connectivity index (χ2v) is 4.26. The van der Waals surface area contributed by atoms with Gasteiger partial charge >= 0.3 is 0 Å². The number of carbonyl (C=O) groups is 1. The molecule has 0 saturated carbocycles. The van der Waals surface area contributed by atoms with Gasteiger partial charge in [-0.05, 0) is 19.9 Å². The molecule has 0 spiro atoms. The molecular weight excluding hydrogens is 232 g/mol. The molecule has 3 N–H and O–H groups in total. The SMILES string of the molecule is CC(C)n1ccc(NC(=O)Cn2ccc(N)n2)n1. The third-order valence-electron chi connectivity index (χ3n) is 2.37. The van der Waals surface area contributed by atoms with Crippen LogP contribution in [0.1, 0.15) is 19.9 Å². The van der Waals surface area contributed by atoms with Crippen LogP contribution in [0, 0.1) is 0 Å². The van der Waals surface area contributed by atoms with Crippen LogP contribution in [0.4, 0.5) is 11.6 Å². The molecule has 96 valence electrons. The molecule has 2 heterocycles. The van der Waals surface area contributed by atoms with Gasteiger partial charge in [-0.2, -0.15) is 10.2 Å². The van der Waals surface area contributed by atoms with Gasteiger partial charge in [0.15, 0.2) is 5.82 Å². The molecule has 2 aromatic rings. The molecule has 0 aliphatic rings. The van der Waals surface area contributed by atoms with E-state index in [1.165, 1.54) is 4.68 Å². The van der Waals surface area contributed by atoms with Crippen molar-refractivity contribution in [2.45, 2.75) is 26.4 Å². The average molecular weight is 248 g/mol. The first-order valence-electron chi connectivity index (χ1n) is 5.68. The number of aromatic nitrogens is 4. The van der Waals surface area contributed by atoms with Gasteiger partial charge in [-0.15, -0.1) is 0 Å². The van der Waals surface area contributed by atoms with Gasteiger partial charge in [0.1, 0.15) is 12.4 Å². The quantitative estimate of drug-likeness (QED) is 0.840. The fourth-order valence-corrected chi connectivity index (χ4v) is 1.49. The number of anilines is 2. The van der Waals surface area contributed by atoms with Crippen LogP contribution < -0.4 is 11.1 Å². The molecule has 7 nitrogen and oxygen atoms in total. The van der Waals surface area contributed by atoms with Crippen molar-refractivity contribution in [3.05, 3.63) is 24.5 Å². The zero-order chi connectivity index (χ0) is 13.1. The summed E-state index contributed by atoms with van der Waals surface area (Å²) < 4.78 is 3.26. The molecule has 0 aliphatic carbocycles. The number of rotatable bonds is 4. The summed E-state index contributed by atoms with van der Waals surface area (Å²) in [4.78, 5) is 11.7. The van der Waals surface area contributed by atoms with Gasteiger partial charge in [0, 0.05) is 24.5 Å². The Morgan fingerprint density at radius 2 is 2.17 bits per heavy atom. The van der Waals surface area contributed by atoms with Crippen molar-refractivity contribution in [3.63, 3.8) is 0 Å². The Kier molecular flexibility index (Phi) is 3.31. The minimum Gasteiger partial charge on any atom is -0.382 e. The van der Waals surface area contributed by atoms with Crippen molar-refractivity contribution in [1.29, 1.82) is 0 Å². The maximum absolute atomic E-state index is 11.7. The van der Waals surface area contributed by atoms with Gasteiger partial charge in [-0.25, -0.2) is 0 Å². The highest BCUT2D eigenvalue weighted by molar-refractivity contribution is 5.89. The molecule has 0 bridgehead atoms. The molecule has 0 atom stereocenters. The lowest BCUT2D eigenvalue weighted by molar-refractivity contribution is -0.116. The molecular formula is C11H16N6O. The molecule has 0 unspecified atom stereocenters. The Morgan fingerprint density at radius 3 is 2.72 bits per heavy atom. The van der Waals surface area contributed by atoms with E-state index in [4.69, 9.17) is 5.73 Å². The summed E-state index contributed by atoms with van der Waals surface area (Å²) in [5.74, 6) is 0.743. The average Bonchev–Trinajstić information content (AvgIpc) is 2.88. The van der Waals surface area contributed by atoms with Gasteiger partial charge < -0.3 is 11.1 Å². The highest BCUT2D eigenvalue weighted by Crippen LogP contribution is 2.08. The number of nitrogen functional groups attached to an aromatic ring is 1. The van der Waals surface area contributed by atoms with E-state index >= 15 is 0 Å². The number of hydrogen-bond acceptors (Lipinski definition) is 4. The van der Waals surface area contributed by atoms with Crippen molar-refractivity contribution in [3.8, 4) is 0 Å². The number of carbonyl (C=O) groups excluding carboxylic acids is 1. The molecule has 0 aromatic carbocycles. The zero-order valence-electron chi connectivity index (χ0n) is 10.4. The fraction of sp³-hybridized carbons (Fsp3) is 0.364. The van der Waals surface area contributed by atoms with Gasteiger partial charge in [-0.3, -0.25) is 14.2 Å². The van der Waals surface area contributed by atoms with Crippen LogP contribution in [0.3, 0.4) is 0 Å². The number of hydrogen-bond donors (Lipinski definition) is 2. The maximum atomic E-state index is 11.7. The summed E-state index contributed by atoms with van der Waals surface area (Å²) in [5.41, 5.74) is 5.46. The van der Waals surface area contributed by atoms with E-state index in [1.807, 2.05) is 20.0 Å². The highest BCUT2D eigenvalue weighted by atomic mass is 16.2. The van der Waals surface area contributed by atoms with E-state index in [9.17, 15) is 4.79 Å². The second-order valence-electron chi connectivity index (χ2n) is 4.26. The monoisotopic (exact) mass is 248 g/mol. The van der Waals surface area contributed by atoms with Crippen LogP contribution in [-0.2, 0) is 11.3 Å². The van der Waals surface area contributed by atoms with E-state index in [0.29, 0.717) is 11.6 Å². The molecule has 18 heavy (non-hydrogen) atoms. The Morgan fingerprint density at radius 1 is 1.39 bits per heavy atom. The topological polar surface area (TPSA) is 90.8 Å². The van der Waals surface area contributed by atoms with E-state index in [1.54, 1.807) is 23.0 Å². The van der Waals surface area contributed by atoms with Crippen LogP contribution in [-0.4, -0.2) is 25.5 Å². The van der Waals surface area contributed by atoms with Crippen molar-refractivity contribution < 1.29 is 4.79 Å². The van der Waals surface area contributed by atoms with Crippen molar-refractivity contribution in [2.75, 3.05) is 11.1 Å². The molecule has 0 fully saturated rings. The number of nitrogens with zero attached hydrogens (tertiary/aromatic N) is 4. The predicted octanol–water partition coefficient (Wildman–Crippen LogP) is 0.881. The normalized spacial score (nSPS) is 10.8. The Labute approximate surface area is 105 Å². The lowest BCUT2D eigenvalue weighted by atomic mass is 10.4. The summed E-state index contributed by atoms with van der Waals surface area (Å²) in [6.45, 7) is 4.15. The maximum Gasteiger partial charge on any atom is 0.247 e. The van der Waals surface area contributed by atoms with E-state index in [-0.39, 0.29) is 18.5 Å². The Balaban J connectivity index is 1.94. The smallest absolute Gasteiger partial charge is 0.247 e. The molecule has 2 aromatic heterocycles. The van der Waals surface area contributed by atoms with Gasteiger partial charge in [0.05, 0.1) is 0 Å². The van der Waals surface area contributed by atoms with Crippen molar-refractivity contribution in [2.24, 2.45) is 0 Å². The van der Waals surface area contributed by atoms with Gasteiger partial charge in [-0.1, -0.05) is 0 Å². The van der Waals surface area contributed by atoms with Crippen LogP contribution in [0.15, 0.2) is 24.5 Å². The van der Waals surface area contributed by atoms with Gasteiger partial charge in [0.2, 0.25) is 5.91 Å². The summed E-state index contributed by atoms with van der Waals surface area (Å²) in [7, 11) is 0. The summed E-state index contributed by atoms with van der Waals surface area (Å²) in [6.07, 6.45) is 3.48. The molecule has 0 radical (unpaired) electrons. The second kappa shape index (κ2) is 4.91. The van der Waals surface area contributed by atoms with Crippen LogP contribution in [0.25, 0.3) is 0 Å². The van der Waals surface area contributed by atoms with E-state index < -0.39 is 0 Å². The molecule has 1 amide bonds. The lowest BCUT2D eigenvalue weighted by Crippen LogP contribution is -2.19. The van der Waals surface area contributed by atoms with Crippen LogP contribution >= 0.6 is 0 Å². The van der Waals surface area contributed by atoms with Crippen molar-refractivity contribution in [1.82, 2.24) is 19.6 Å². The zero-order valence-corrected chi connectivity index (χ0v) is 10.4. The first kappa shape index (κ1) is 12.2. The third kappa shape index (κ3) is 2.88. The number of amides is 1. The van der Waals surface area contributed by atoms with Crippen LogP contribution in [0.2, 0.25) is 0 Å². The summed E-state index contributed by atoms with van der Waals surface area (Å²) in [5, 5.41) is 10.9. The minimum absolute atomic E-state index is 0.117. The van der Waals surface area contributed by atoms with E-state index in [0.717, 1.165) is 0 Å². The molecule has 0 saturated heterocycles. The fourth-order valence-electron chi connectivity index (χ4n) is 1.49. The Hall–Kier alpha value is -2.31. The van der Waals surface area contributed by atoms with Crippen LogP contribution in [0.5, 0.6) is 0 Å². The number of nitrogens with two attached hydrogens (primary N) is 1. The summed E-state index contributed by atoms with van der Waals surface area (Å²) >= 11 is 0. The first-order valence-corrected chi connectivity index (χ1v) is 5.68. The largest absolute Gasteiger partial charge is 0.382 e. The third-order valence-corrected chi connectivity index (χ3v) is 2.37. The molecule has 7 heteroatoms. The van der Waals surface area contributed by atoms with Crippen molar-refractivity contribution >= 4 is 17.5 Å². The molecule has 0 aliphatic heterocycles. The lowest BCUT2D eigenvalue weighted by Gasteiger charge is -2.04. The highest BCUT2D eigenvalue weighted by Gasteiger charge is 2.07.